The molecule has 0 heterocycles. The van der Waals surface area contributed by atoms with E-state index in [2.05, 4.69) is 12.1 Å². The van der Waals surface area contributed by atoms with E-state index in [0.717, 1.165) is 16.9 Å². The summed E-state index contributed by atoms with van der Waals surface area (Å²) in [7, 11) is 0. The van der Waals surface area contributed by atoms with Crippen LogP contribution in [0.5, 0.6) is 0 Å². The Kier molecular flexibility index (Phi) is 3.62. The molecule has 0 amide bonds. The van der Waals surface area contributed by atoms with Crippen molar-refractivity contribution in [1.29, 1.82) is 0 Å². The predicted molar refractivity (Wildman–Crippen MR) is 66.3 cm³/mol. The zero-order chi connectivity index (χ0) is 11.4. The summed E-state index contributed by atoms with van der Waals surface area (Å²) < 4.78 is 13.3. The SMILES string of the molecule is CCc1cc(Sc2ccccc2)ccc1F. The molecule has 0 saturated heterocycles. The minimum atomic E-state index is -0.111. The Labute approximate surface area is 99.5 Å². The molecule has 0 atom stereocenters. The molecular weight excluding hydrogens is 219 g/mol. The summed E-state index contributed by atoms with van der Waals surface area (Å²) in [4.78, 5) is 2.26. The summed E-state index contributed by atoms with van der Waals surface area (Å²) in [6, 6.07) is 15.4. The molecule has 0 saturated carbocycles. The van der Waals surface area contributed by atoms with E-state index < -0.39 is 0 Å². The molecule has 0 unspecified atom stereocenters. The molecule has 0 spiro atoms. The Bertz CT molecular complexity index is 465. The van der Waals surface area contributed by atoms with E-state index in [0.29, 0.717) is 0 Å². The first kappa shape index (κ1) is 11.2. The van der Waals surface area contributed by atoms with Crippen LogP contribution in [0.4, 0.5) is 4.39 Å². The Hall–Kier alpha value is -1.28. The summed E-state index contributed by atoms with van der Waals surface area (Å²) >= 11 is 1.66. The van der Waals surface area contributed by atoms with Gasteiger partial charge in [-0.3, -0.25) is 0 Å². The van der Waals surface area contributed by atoms with E-state index >= 15 is 0 Å². The van der Waals surface area contributed by atoms with Crippen molar-refractivity contribution in [3.8, 4) is 0 Å². The first-order chi connectivity index (χ1) is 7.79. The Morgan fingerprint density at radius 3 is 2.44 bits per heavy atom. The highest BCUT2D eigenvalue weighted by Crippen LogP contribution is 2.28. The third-order valence-electron chi connectivity index (χ3n) is 2.38. The second-order valence-electron chi connectivity index (χ2n) is 3.52. The second kappa shape index (κ2) is 5.17. The fraction of sp³-hybridized carbons (Fsp3) is 0.143. The van der Waals surface area contributed by atoms with Gasteiger partial charge in [0.1, 0.15) is 5.82 Å². The van der Waals surface area contributed by atoms with E-state index in [9.17, 15) is 4.39 Å². The van der Waals surface area contributed by atoms with E-state index in [-0.39, 0.29) is 5.82 Å². The number of hydrogen-bond donors (Lipinski definition) is 0. The zero-order valence-electron chi connectivity index (χ0n) is 9.11. The quantitative estimate of drug-likeness (QED) is 0.748. The van der Waals surface area contributed by atoms with E-state index in [1.165, 1.54) is 4.90 Å². The monoisotopic (exact) mass is 232 g/mol. The van der Waals surface area contributed by atoms with Crippen LogP contribution in [0.2, 0.25) is 0 Å². The summed E-state index contributed by atoms with van der Waals surface area (Å²) in [6.07, 6.45) is 0.731. The fourth-order valence-corrected chi connectivity index (χ4v) is 2.41. The first-order valence-electron chi connectivity index (χ1n) is 5.31. The molecule has 16 heavy (non-hydrogen) atoms. The molecule has 0 aliphatic rings. The van der Waals surface area contributed by atoms with Gasteiger partial charge in [-0.15, -0.1) is 0 Å². The van der Waals surface area contributed by atoms with E-state index in [1.54, 1.807) is 17.8 Å². The van der Waals surface area contributed by atoms with Gasteiger partial charge < -0.3 is 0 Å². The molecule has 0 N–H and O–H groups in total. The van der Waals surface area contributed by atoms with Gasteiger partial charge in [-0.2, -0.15) is 0 Å². The van der Waals surface area contributed by atoms with Gasteiger partial charge in [0, 0.05) is 9.79 Å². The molecule has 0 nitrogen and oxygen atoms in total. The molecule has 0 aliphatic heterocycles. The zero-order valence-corrected chi connectivity index (χ0v) is 9.93. The molecule has 0 bridgehead atoms. The molecule has 2 aromatic rings. The first-order valence-corrected chi connectivity index (χ1v) is 6.12. The van der Waals surface area contributed by atoms with Gasteiger partial charge in [-0.05, 0) is 42.3 Å². The van der Waals surface area contributed by atoms with Crippen LogP contribution in [-0.4, -0.2) is 0 Å². The molecule has 0 aromatic heterocycles. The van der Waals surface area contributed by atoms with E-state index in [1.807, 2.05) is 37.3 Å². The molecule has 0 fully saturated rings. The average molecular weight is 232 g/mol. The van der Waals surface area contributed by atoms with Crippen LogP contribution < -0.4 is 0 Å². The Balaban J connectivity index is 2.22. The van der Waals surface area contributed by atoms with Crippen LogP contribution in [0.3, 0.4) is 0 Å². The predicted octanol–water partition coefficient (Wildman–Crippen LogP) is 4.54. The molecule has 0 radical (unpaired) electrons. The molecule has 2 rings (SSSR count). The molecule has 0 aliphatic carbocycles. The smallest absolute Gasteiger partial charge is 0.126 e. The summed E-state index contributed by atoms with van der Waals surface area (Å²) in [5.41, 5.74) is 0.779. The lowest BCUT2D eigenvalue weighted by molar-refractivity contribution is 0.610. The molecular formula is C14H13FS. The van der Waals surface area contributed by atoms with E-state index in [4.69, 9.17) is 0 Å². The third-order valence-corrected chi connectivity index (χ3v) is 3.37. The third kappa shape index (κ3) is 2.64. The summed E-state index contributed by atoms with van der Waals surface area (Å²) in [5.74, 6) is -0.111. The lowest BCUT2D eigenvalue weighted by Crippen LogP contribution is -1.87. The molecule has 2 heteroatoms. The number of rotatable bonds is 3. The fourth-order valence-electron chi connectivity index (χ4n) is 1.51. The number of aryl methyl sites for hydroxylation is 1. The van der Waals surface area contributed by atoms with Crippen molar-refractivity contribution in [3.63, 3.8) is 0 Å². The van der Waals surface area contributed by atoms with Crippen LogP contribution in [0, 0.1) is 5.82 Å². The normalized spacial score (nSPS) is 10.4. The highest BCUT2D eigenvalue weighted by Gasteiger charge is 2.02. The Morgan fingerprint density at radius 2 is 1.75 bits per heavy atom. The van der Waals surface area contributed by atoms with Gasteiger partial charge >= 0.3 is 0 Å². The number of benzene rings is 2. The topological polar surface area (TPSA) is 0 Å². The minimum absolute atomic E-state index is 0.111. The van der Waals surface area contributed by atoms with Crippen LogP contribution in [-0.2, 0) is 6.42 Å². The lowest BCUT2D eigenvalue weighted by Gasteiger charge is -2.04. The van der Waals surface area contributed by atoms with Crippen LogP contribution in [0.25, 0.3) is 0 Å². The van der Waals surface area contributed by atoms with Crippen molar-refractivity contribution < 1.29 is 4.39 Å². The van der Waals surface area contributed by atoms with Gasteiger partial charge in [-0.25, -0.2) is 4.39 Å². The summed E-state index contributed by atoms with van der Waals surface area (Å²) in [6.45, 7) is 1.97. The Morgan fingerprint density at radius 1 is 1.00 bits per heavy atom. The minimum Gasteiger partial charge on any atom is -0.207 e. The van der Waals surface area contributed by atoms with Gasteiger partial charge in [0.2, 0.25) is 0 Å². The maximum absolute atomic E-state index is 13.3. The number of halogens is 1. The number of hydrogen-bond acceptors (Lipinski definition) is 1. The van der Waals surface area contributed by atoms with Crippen molar-refractivity contribution in [2.45, 2.75) is 23.1 Å². The van der Waals surface area contributed by atoms with Crippen LogP contribution >= 0.6 is 11.8 Å². The van der Waals surface area contributed by atoms with Crippen molar-refractivity contribution in [2.75, 3.05) is 0 Å². The summed E-state index contributed by atoms with van der Waals surface area (Å²) in [5, 5.41) is 0. The van der Waals surface area contributed by atoms with Crippen LogP contribution in [0.1, 0.15) is 12.5 Å². The second-order valence-corrected chi connectivity index (χ2v) is 4.67. The molecule has 82 valence electrons. The van der Waals surface area contributed by atoms with Gasteiger partial charge in [0.25, 0.3) is 0 Å². The highest BCUT2D eigenvalue weighted by molar-refractivity contribution is 7.99. The van der Waals surface area contributed by atoms with Gasteiger partial charge in [0.05, 0.1) is 0 Å². The lowest BCUT2D eigenvalue weighted by atomic mass is 10.2. The average Bonchev–Trinajstić information content (AvgIpc) is 2.33. The van der Waals surface area contributed by atoms with Crippen molar-refractivity contribution >= 4 is 11.8 Å². The van der Waals surface area contributed by atoms with Crippen molar-refractivity contribution in [2.24, 2.45) is 0 Å². The maximum Gasteiger partial charge on any atom is 0.126 e. The van der Waals surface area contributed by atoms with Crippen molar-refractivity contribution in [3.05, 3.63) is 59.9 Å². The standard InChI is InChI=1S/C14H13FS/c1-2-11-10-13(8-9-14(11)15)16-12-6-4-3-5-7-12/h3-10H,2H2,1H3. The van der Waals surface area contributed by atoms with Gasteiger partial charge in [0.15, 0.2) is 0 Å². The maximum atomic E-state index is 13.3. The largest absolute Gasteiger partial charge is 0.207 e. The van der Waals surface area contributed by atoms with Crippen molar-refractivity contribution in [1.82, 2.24) is 0 Å². The van der Waals surface area contributed by atoms with Gasteiger partial charge in [-0.1, -0.05) is 36.9 Å². The van der Waals surface area contributed by atoms with Crippen LogP contribution in [0.15, 0.2) is 58.3 Å². The molecule has 2 aromatic carbocycles. The highest BCUT2D eigenvalue weighted by atomic mass is 32.2.